The molecule has 1 saturated heterocycles. The first-order valence-electron chi connectivity index (χ1n) is 7.13. The van der Waals surface area contributed by atoms with Gasteiger partial charge in [-0.3, -0.25) is 9.59 Å². The van der Waals surface area contributed by atoms with Gasteiger partial charge in [-0.05, 0) is 31.4 Å². The van der Waals surface area contributed by atoms with E-state index in [4.69, 9.17) is 4.42 Å². The highest BCUT2D eigenvalue weighted by Gasteiger charge is 2.14. The topological polar surface area (TPSA) is 68.3 Å². The molecule has 0 amide bonds. The lowest BCUT2D eigenvalue weighted by Crippen LogP contribution is -2.32. The van der Waals surface area contributed by atoms with Crippen LogP contribution in [0.3, 0.4) is 0 Å². The summed E-state index contributed by atoms with van der Waals surface area (Å²) in [5.74, 6) is -0.0240. The standard InChI is InChI=1S/C15H17N3O3/c19-13(14-5-4-8-21-14)11-18-15(20)9-12(10-16-18)17-6-2-1-3-7-17/h4-5,8-10H,1-3,6-7,11H2. The Bertz CT molecular complexity index is 670. The third kappa shape index (κ3) is 3.04. The molecule has 2 aromatic rings. The summed E-state index contributed by atoms with van der Waals surface area (Å²) >= 11 is 0. The van der Waals surface area contributed by atoms with Crippen molar-refractivity contribution < 1.29 is 9.21 Å². The summed E-state index contributed by atoms with van der Waals surface area (Å²) in [6.45, 7) is 1.81. The number of piperidine rings is 1. The number of ketones is 1. The first kappa shape index (κ1) is 13.6. The zero-order chi connectivity index (χ0) is 14.7. The van der Waals surface area contributed by atoms with Gasteiger partial charge in [0, 0.05) is 19.2 Å². The fraction of sp³-hybridized carbons (Fsp3) is 0.400. The van der Waals surface area contributed by atoms with Crippen molar-refractivity contribution in [3.8, 4) is 0 Å². The SMILES string of the molecule is O=C(Cn1ncc(N2CCCCC2)cc1=O)c1ccco1. The molecule has 1 aliphatic rings. The minimum atomic E-state index is -0.266. The van der Waals surface area contributed by atoms with Gasteiger partial charge in [-0.15, -0.1) is 0 Å². The molecule has 110 valence electrons. The largest absolute Gasteiger partial charge is 0.461 e. The molecule has 0 atom stereocenters. The van der Waals surface area contributed by atoms with Gasteiger partial charge in [-0.1, -0.05) is 0 Å². The Morgan fingerprint density at radius 1 is 1.29 bits per heavy atom. The maximum Gasteiger partial charge on any atom is 0.269 e. The van der Waals surface area contributed by atoms with E-state index in [9.17, 15) is 9.59 Å². The number of carbonyl (C=O) groups excluding carboxylic acids is 1. The van der Waals surface area contributed by atoms with Gasteiger partial charge >= 0.3 is 0 Å². The van der Waals surface area contributed by atoms with E-state index >= 15 is 0 Å². The van der Waals surface area contributed by atoms with Crippen LogP contribution >= 0.6 is 0 Å². The molecule has 0 spiro atoms. The molecular weight excluding hydrogens is 270 g/mol. The summed E-state index contributed by atoms with van der Waals surface area (Å²) in [6, 6.07) is 4.77. The van der Waals surface area contributed by atoms with E-state index < -0.39 is 0 Å². The van der Waals surface area contributed by atoms with Crippen LogP contribution in [0.4, 0.5) is 5.69 Å². The van der Waals surface area contributed by atoms with E-state index in [2.05, 4.69) is 10.00 Å². The summed E-state index contributed by atoms with van der Waals surface area (Å²) in [5, 5.41) is 4.10. The van der Waals surface area contributed by atoms with Crippen molar-refractivity contribution >= 4 is 11.5 Å². The van der Waals surface area contributed by atoms with Crippen molar-refractivity contribution in [3.63, 3.8) is 0 Å². The number of nitrogens with zero attached hydrogens (tertiary/aromatic N) is 3. The maximum absolute atomic E-state index is 12.1. The minimum Gasteiger partial charge on any atom is -0.461 e. The highest BCUT2D eigenvalue weighted by Crippen LogP contribution is 2.16. The van der Waals surface area contributed by atoms with Crippen LogP contribution in [0.15, 0.2) is 39.9 Å². The first-order valence-corrected chi connectivity index (χ1v) is 7.13. The molecule has 1 aliphatic heterocycles. The molecule has 3 heterocycles. The second-order valence-electron chi connectivity index (χ2n) is 5.16. The van der Waals surface area contributed by atoms with Gasteiger partial charge in [0.15, 0.2) is 5.76 Å². The zero-order valence-electron chi connectivity index (χ0n) is 11.7. The molecule has 6 nitrogen and oxygen atoms in total. The summed E-state index contributed by atoms with van der Waals surface area (Å²) in [6.07, 6.45) is 6.60. The fourth-order valence-electron chi connectivity index (χ4n) is 2.52. The Hall–Kier alpha value is -2.37. The Labute approximate surface area is 122 Å². The lowest BCUT2D eigenvalue weighted by Gasteiger charge is -2.28. The lowest BCUT2D eigenvalue weighted by atomic mass is 10.1. The van der Waals surface area contributed by atoms with E-state index in [1.165, 1.54) is 12.7 Å². The van der Waals surface area contributed by atoms with E-state index in [0.717, 1.165) is 36.3 Å². The van der Waals surface area contributed by atoms with Gasteiger partial charge in [0.2, 0.25) is 5.78 Å². The molecule has 0 radical (unpaired) electrons. The molecule has 2 aromatic heterocycles. The predicted octanol–water partition coefficient (Wildman–Crippen LogP) is 1.71. The van der Waals surface area contributed by atoms with Gasteiger partial charge in [0.25, 0.3) is 5.56 Å². The van der Waals surface area contributed by atoms with Crippen molar-refractivity contribution in [2.75, 3.05) is 18.0 Å². The Morgan fingerprint density at radius 3 is 2.76 bits per heavy atom. The van der Waals surface area contributed by atoms with Crippen LogP contribution in [-0.2, 0) is 6.54 Å². The summed E-state index contributed by atoms with van der Waals surface area (Å²) in [5.41, 5.74) is 0.569. The average Bonchev–Trinajstić information content (AvgIpc) is 3.04. The van der Waals surface area contributed by atoms with E-state index in [-0.39, 0.29) is 23.6 Å². The number of hydrogen-bond donors (Lipinski definition) is 0. The van der Waals surface area contributed by atoms with Gasteiger partial charge in [-0.25, -0.2) is 4.68 Å². The van der Waals surface area contributed by atoms with Crippen molar-refractivity contribution in [2.45, 2.75) is 25.8 Å². The Kier molecular flexibility index (Phi) is 3.85. The molecule has 0 saturated carbocycles. The van der Waals surface area contributed by atoms with Crippen LogP contribution in [0.2, 0.25) is 0 Å². The Morgan fingerprint density at radius 2 is 2.10 bits per heavy atom. The fourth-order valence-corrected chi connectivity index (χ4v) is 2.52. The van der Waals surface area contributed by atoms with Gasteiger partial charge in [-0.2, -0.15) is 5.10 Å². The molecule has 3 rings (SSSR count). The summed E-state index contributed by atoms with van der Waals surface area (Å²) in [7, 11) is 0. The highest BCUT2D eigenvalue weighted by molar-refractivity contribution is 5.93. The number of rotatable bonds is 4. The monoisotopic (exact) mass is 287 g/mol. The molecule has 1 fully saturated rings. The number of carbonyl (C=O) groups is 1. The number of anilines is 1. The van der Waals surface area contributed by atoms with Gasteiger partial charge in [0.05, 0.1) is 18.1 Å². The molecule has 0 aliphatic carbocycles. The smallest absolute Gasteiger partial charge is 0.269 e. The number of hydrogen-bond acceptors (Lipinski definition) is 5. The predicted molar refractivity (Wildman–Crippen MR) is 77.6 cm³/mol. The normalized spacial score (nSPS) is 15.1. The second-order valence-corrected chi connectivity index (χ2v) is 5.16. The number of aromatic nitrogens is 2. The zero-order valence-corrected chi connectivity index (χ0v) is 11.7. The van der Waals surface area contributed by atoms with Crippen LogP contribution in [0.5, 0.6) is 0 Å². The van der Waals surface area contributed by atoms with Crippen molar-refractivity contribution in [2.24, 2.45) is 0 Å². The number of Topliss-reactive ketones (excluding diaryl/α,β-unsaturated/α-hetero) is 1. The van der Waals surface area contributed by atoms with Crippen LogP contribution in [0, 0.1) is 0 Å². The molecule has 6 heteroatoms. The summed E-state index contributed by atoms with van der Waals surface area (Å²) < 4.78 is 6.19. The van der Waals surface area contributed by atoms with Crippen molar-refractivity contribution in [1.29, 1.82) is 0 Å². The van der Waals surface area contributed by atoms with Crippen LogP contribution in [0.1, 0.15) is 29.8 Å². The van der Waals surface area contributed by atoms with Gasteiger partial charge in [0.1, 0.15) is 6.54 Å². The van der Waals surface area contributed by atoms with E-state index in [0.29, 0.717) is 0 Å². The third-order valence-electron chi connectivity index (χ3n) is 3.67. The van der Waals surface area contributed by atoms with Gasteiger partial charge < -0.3 is 9.32 Å². The van der Waals surface area contributed by atoms with Crippen LogP contribution in [-0.4, -0.2) is 28.7 Å². The van der Waals surface area contributed by atoms with E-state index in [1.54, 1.807) is 24.4 Å². The second kappa shape index (κ2) is 5.95. The van der Waals surface area contributed by atoms with Crippen LogP contribution < -0.4 is 10.5 Å². The average molecular weight is 287 g/mol. The molecule has 0 N–H and O–H groups in total. The Balaban J connectivity index is 1.75. The van der Waals surface area contributed by atoms with Crippen LogP contribution in [0.25, 0.3) is 0 Å². The van der Waals surface area contributed by atoms with Crippen molar-refractivity contribution in [1.82, 2.24) is 9.78 Å². The van der Waals surface area contributed by atoms with Crippen molar-refractivity contribution in [3.05, 3.63) is 46.8 Å². The summed E-state index contributed by atoms with van der Waals surface area (Å²) in [4.78, 5) is 26.2. The molecule has 0 unspecified atom stereocenters. The first-order chi connectivity index (χ1) is 10.2. The molecule has 0 bridgehead atoms. The molecule has 21 heavy (non-hydrogen) atoms. The quantitative estimate of drug-likeness (QED) is 0.801. The maximum atomic E-state index is 12.1. The number of furan rings is 1. The van der Waals surface area contributed by atoms with E-state index in [1.807, 2.05) is 0 Å². The molecule has 0 aromatic carbocycles. The highest BCUT2D eigenvalue weighted by atomic mass is 16.3. The third-order valence-corrected chi connectivity index (χ3v) is 3.67. The lowest BCUT2D eigenvalue weighted by molar-refractivity contribution is 0.0938. The minimum absolute atomic E-state index is 0.105. The molecular formula is C15H17N3O3.